The van der Waals surface area contributed by atoms with E-state index < -0.39 is 0 Å². The van der Waals surface area contributed by atoms with E-state index in [-0.39, 0.29) is 23.4 Å². The highest BCUT2D eigenvalue weighted by Gasteiger charge is 2.21. The number of hydrogen-bond acceptors (Lipinski definition) is 3. The Kier molecular flexibility index (Phi) is 5.07. The molecule has 1 unspecified atom stereocenters. The Morgan fingerprint density at radius 1 is 1.56 bits per heavy atom. The maximum atomic E-state index is 11.7. The lowest BCUT2D eigenvalue weighted by molar-refractivity contribution is 0.185. The summed E-state index contributed by atoms with van der Waals surface area (Å²) in [5.74, 6) is 0.114. The van der Waals surface area contributed by atoms with E-state index in [0.29, 0.717) is 6.42 Å². The molecule has 2 amide bonds. The van der Waals surface area contributed by atoms with Gasteiger partial charge < -0.3 is 21.2 Å². The summed E-state index contributed by atoms with van der Waals surface area (Å²) in [5, 5.41) is 14.2. The van der Waals surface area contributed by atoms with Crippen LogP contribution in [0.3, 0.4) is 0 Å². The van der Waals surface area contributed by atoms with Gasteiger partial charge in [0.1, 0.15) is 5.84 Å². The Morgan fingerprint density at radius 3 is 2.44 bits per heavy atom. The van der Waals surface area contributed by atoms with Gasteiger partial charge >= 0.3 is 6.03 Å². The zero-order valence-corrected chi connectivity index (χ0v) is 10.6. The summed E-state index contributed by atoms with van der Waals surface area (Å²) in [6.07, 6.45) is 0.338. The van der Waals surface area contributed by atoms with Crippen LogP contribution in [0.5, 0.6) is 0 Å². The van der Waals surface area contributed by atoms with E-state index >= 15 is 0 Å². The second-order valence-electron chi connectivity index (χ2n) is 4.94. The van der Waals surface area contributed by atoms with Crippen molar-refractivity contribution in [3.05, 3.63) is 0 Å². The molecule has 0 radical (unpaired) electrons. The molecule has 0 aliphatic rings. The molecule has 0 aliphatic carbocycles. The van der Waals surface area contributed by atoms with Crippen molar-refractivity contribution in [3.63, 3.8) is 0 Å². The van der Waals surface area contributed by atoms with E-state index in [9.17, 15) is 4.79 Å². The van der Waals surface area contributed by atoms with Crippen LogP contribution in [0.1, 0.15) is 34.1 Å². The quantitative estimate of drug-likeness (QED) is 0.292. The first-order valence-corrected chi connectivity index (χ1v) is 5.18. The highest BCUT2D eigenvalue weighted by Crippen LogP contribution is 2.05. The Morgan fingerprint density at radius 2 is 2.06 bits per heavy atom. The number of hydrogen-bond donors (Lipinski definition) is 3. The lowest BCUT2D eigenvalue weighted by Gasteiger charge is -2.29. The lowest BCUT2D eigenvalue weighted by atomic mass is 10.1. The second-order valence-corrected chi connectivity index (χ2v) is 4.94. The molecule has 0 aliphatic heterocycles. The fourth-order valence-corrected chi connectivity index (χ4v) is 1.09. The Hall–Kier alpha value is -1.46. The van der Waals surface area contributed by atoms with Gasteiger partial charge in [-0.3, -0.25) is 0 Å². The molecule has 6 heteroatoms. The monoisotopic (exact) mass is 230 g/mol. The van der Waals surface area contributed by atoms with Gasteiger partial charge in [-0.05, 0) is 27.7 Å². The molecule has 16 heavy (non-hydrogen) atoms. The zero-order valence-electron chi connectivity index (χ0n) is 10.6. The van der Waals surface area contributed by atoms with Crippen molar-refractivity contribution in [2.75, 3.05) is 7.05 Å². The van der Waals surface area contributed by atoms with Gasteiger partial charge in [-0.1, -0.05) is 5.16 Å². The van der Waals surface area contributed by atoms with E-state index in [1.807, 2.05) is 27.7 Å². The summed E-state index contributed by atoms with van der Waals surface area (Å²) in [5.41, 5.74) is 5.10. The fourth-order valence-electron chi connectivity index (χ4n) is 1.09. The Balaban J connectivity index is 4.33. The van der Waals surface area contributed by atoms with E-state index in [1.165, 1.54) is 4.90 Å². The van der Waals surface area contributed by atoms with E-state index in [1.54, 1.807) is 7.05 Å². The molecule has 0 aromatic rings. The fraction of sp³-hybridized carbons (Fsp3) is 0.800. The molecule has 0 spiro atoms. The summed E-state index contributed by atoms with van der Waals surface area (Å²) in [7, 11) is 1.68. The standard InChI is InChI=1S/C10H22N4O2/c1-7(6-8(11)13-16)14(5)9(15)12-10(2,3)4/h7,16H,6H2,1-5H3,(H2,11,13)(H,12,15). The van der Waals surface area contributed by atoms with Gasteiger partial charge in [0, 0.05) is 25.0 Å². The maximum absolute atomic E-state index is 11.7. The predicted molar refractivity (Wildman–Crippen MR) is 63.5 cm³/mol. The summed E-state index contributed by atoms with van der Waals surface area (Å²) in [4.78, 5) is 13.3. The molecule has 0 heterocycles. The largest absolute Gasteiger partial charge is 0.409 e. The minimum absolute atomic E-state index is 0.114. The van der Waals surface area contributed by atoms with Crippen LogP contribution < -0.4 is 11.1 Å². The highest BCUT2D eigenvalue weighted by atomic mass is 16.4. The molecule has 94 valence electrons. The first-order valence-electron chi connectivity index (χ1n) is 5.18. The minimum Gasteiger partial charge on any atom is -0.409 e. The van der Waals surface area contributed by atoms with Crippen LogP contribution in [-0.2, 0) is 0 Å². The van der Waals surface area contributed by atoms with Crippen LogP contribution in [0.25, 0.3) is 0 Å². The molecule has 6 nitrogen and oxygen atoms in total. The summed E-state index contributed by atoms with van der Waals surface area (Å²) >= 11 is 0. The third kappa shape index (κ3) is 5.43. The van der Waals surface area contributed by atoms with Crippen molar-refractivity contribution in [1.82, 2.24) is 10.2 Å². The van der Waals surface area contributed by atoms with Crippen molar-refractivity contribution in [1.29, 1.82) is 0 Å². The summed E-state index contributed by atoms with van der Waals surface area (Å²) < 4.78 is 0. The van der Waals surface area contributed by atoms with Gasteiger partial charge in [-0.15, -0.1) is 0 Å². The number of nitrogens with zero attached hydrogens (tertiary/aromatic N) is 2. The molecule has 0 aromatic carbocycles. The molecule has 4 N–H and O–H groups in total. The van der Waals surface area contributed by atoms with Crippen molar-refractivity contribution in [2.24, 2.45) is 10.9 Å². The number of carbonyl (C=O) groups is 1. The Labute approximate surface area is 96.5 Å². The smallest absolute Gasteiger partial charge is 0.317 e. The minimum atomic E-state index is -0.276. The molecular formula is C10H22N4O2. The van der Waals surface area contributed by atoms with Gasteiger partial charge in [-0.25, -0.2) is 4.79 Å². The van der Waals surface area contributed by atoms with Crippen LogP contribution >= 0.6 is 0 Å². The van der Waals surface area contributed by atoms with Gasteiger partial charge in [0.25, 0.3) is 0 Å². The topological polar surface area (TPSA) is 91.0 Å². The van der Waals surface area contributed by atoms with Gasteiger partial charge in [-0.2, -0.15) is 0 Å². The molecule has 0 saturated carbocycles. The molecular weight excluding hydrogens is 208 g/mol. The number of urea groups is 1. The van der Waals surface area contributed by atoms with Crippen molar-refractivity contribution >= 4 is 11.9 Å². The van der Waals surface area contributed by atoms with Crippen molar-refractivity contribution < 1.29 is 10.0 Å². The SMILES string of the molecule is CC(CC(N)=NO)N(C)C(=O)NC(C)(C)C. The van der Waals surface area contributed by atoms with Crippen molar-refractivity contribution in [2.45, 2.75) is 45.7 Å². The molecule has 1 atom stereocenters. The molecule has 0 fully saturated rings. The number of oxime groups is 1. The van der Waals surface area contributed by atoms with Crippen LogP contribution in [-0.4, -0.2) is 40.6 Å². The first-order chi connectivity index (χ1) is 7.17. The number of amides is 2. The highest BCUT2D eigenvalue weighted by molar-refractivity contribution is 5.81. The summed E-state index contributed by atoms with van der Waals surface area (Å²) in [6.45, 7) is 7.56. The lowest BCUT2D eigenvalue weighted by Crippen LogP contribution is -2.50. The molecule has 0 bridgehead atoms. The van der Waals surface area contributed by atoms with Crippen LogP contribution in [0.4, 0.5) is 4.79 Å². The number of nitrogens with one attached hydrogen (secondary N) is 1. The van der Waals surface area contributed by atoms with Crippen LogP contribution in [0.15, 0.2) is 5.16 Å². The molecule has 0 aromatic heterocycles. The van der Waals surface area contributed by atoms with E-state index in [2.05, 4.69) is 10.5 Å². The third-order valence-corrected chi connectivity index (χ3v) is 2.10. The average Bonchev–Trinajstić information content (AvgIpc) is 2.13. The second kappa shape index (κ2) is 5.58. The van der Waals surface area contributed by atoms with Crippen LogP contribution in [0.2, 0.25) is 0 Å². The van der Waals surface area contributed by atoms with E-state index in [4.69, 9.17) is 10.9 Å². The number of rotatable bonds is 3. The summed E-state index contributed by atoms with van der Waals surface area (Å²) in [6, 6.07) is -0.302. The number of nitrogens with two attached hydrogens (primary N) is 1. The van der Waals surface area contributed by atoms with E-state index in [0.717, 1.165) is 0 Å². The number of amidine groups is 1. The number of carbonyl (C=O) groups excluding carboxylic acids is 1. The maximum Gasteiger partial charge on any atom is 0.317 e. The predicted octanol–water partition coefficient (Wildman–Crippen LogP) is 0.951. The van der Waals surface area contributed by atoms with Gasteiger partial charge in [0.2, 0.25) is 0 Å². The third-order valence-electron chi connectivity index (χ3n) is 2.10. The molecule has 0 saturated heterocycles. The van der Waals surface area contributed by atoms with Crippen molar-refractivity contribution in [3.8, 4) is 0 Å². The van der Waals surface area contributed by atoms with Gasteiger partial charge in [0.05, 0.1) is 0 Å². The van der Waals surface area contributed by atoms with Crippen LogP contribution in [0, 0.1) is 0 Å². The Bertz CT molecular complexity index is 270. The normalized spacial score (nSPS) is 14.4. The van der Waals surface area contributed by atoms with Gasteiger partial charge in [0.15, 0.2) is 0 Å². The average molecular weight is 230 g/mol. The zero-order chi connectivity index (χ0) is 12.9. The first kappa shape index (κ1) is 14.5. The molecule has 0 rings (SSSR count).